The number of aromatic nitrogens is 4. The Balaban J connectivity index is 1.28. The molecule has 0 spiro atoms. The van der Waals surface area contributed by atoms with Crippen molar-refractivity contribution < 1.29 is 4.79 Å². The van der Waals surface area contributed by atoms with E-state index < -0.39 is 0 Å². The van der Waals surface area contributed by atoms with Crippen molar-refractivity contribution in [3.63, 3.8) is 0 Å². The first-order chi connectivity index (χ1) is 15.2. The van der Waals surface area contributed by atoms with Gasteiger partial charge in [-0.3, -0.25) is 4.79 Å². The Morgan fingerprint density at radius 2 is 1.90 bits per heavy atom. The first-order valence-electron chi connectivity index (χ1n) is 11.0. The number of benzene rings is 2. The quantitative estimate of drug-likeness (QED) is 0.563. The molecule has 1 aromatic heterocycles. The molecule has 7 heteroatoms. The van der Waals surface area contributed by atoms with E-state index in [1.165, 1.54) is 5.56 Å². The second kappa shape index (κ2) is 10.3. The van der Waals surface area contributed by atoms with Crippen molar-refractivity contribution >= 4 is 5.91 Å². The summed E-state index contributed by atoms with van der Waals surface area (Å²) < 4.78 is 1.66. The van der Waals surface area contributed by atoms with Crippen LogP contribution in [-0.4, -0.2) is 68.6 Å². The monoisotopic (exact) mass is 418 g/mol. The molecule has 0 aliphatic carbocycles. The number of tetrazole rings is 1. The van der Waals surface area contributed by atoms with Crippen molar-refractivity contribution in [2.75, 3.05) is 26.7 Å². The van der Waals surface area contributed by atoms with Gasteiger partial charge >= 0.3 is 0 Å². The predicted octanol–water partition coefficient (Wildman–Crippen LogP) is 2.89. The van der Waals surface area contributed by atoms with Crippen LogP contribution in [0.5, 0.6) is 0 Å². The molecule has 0 saturated carbocycles. The molecule has 0 radical (unpaired) electrons. The summed E-state index contributed by atoms with van der Waals surface area (Å²) in [5.41, 5.74) is 3.19. The van der Waals surface area contributed by atoms with Crippen LogP contribution in [0.3, 0.4) is 0 Å². The van der Waals surface area contributed by atoms with Gasteiger partial charge in [-0.05, 0) is 72.5 Å². The largest absolute Gasteiger partial charge is 0.337 e. The van der Waals surface area contributed by atoms with Crippen LogP contribution in [0.15, 0.2) is 60.9 Å². The van der Waals surface area contributed by atoms with Crippen LogP contribution in [-0.2, 0) is 13.0 Å². The number of rotatable bonds is 8. The van der Waals surface area contributed by atoms with Crippen LogP contribution in [0.4, 0.5) is 0 Å². The fourth-order valence-corrected chi connectivity index (χ4v) is 4.26. The van der Waals surface area contributed by atoms with Crippen molar-refractivity contribution in [1.82, 2.24) is 30.0 Å². The topological polar surface area (TPSA) is 67.2 Å². The molecule has 3 aromatic rings. The molecular formula is C24H30N6O. The lowest BCUT2D eigenvalue weighted by Crippen LogP contribution is -2.48. The van der Waals surface area contributed by atoms with Gasteiger partial charge in [-0.25, -0.2) is 4.68 Å². The zero-order chi connectivity index (χ0) is 21.5. The Labute approximate surface area is 183 Å². The van der Waals surface area contributed by atoms with Crippen LogP contribution >= 0.6 is 0 Å². The molecule has 0 N–H and O–H groups in total. The third kappa shape index (κ3) is 5.76. The van der Waals surface area contributed by atoms with Gasteiger partial charge in [0.25, 0.3) is 5.91 Å². The van der Waals surface area contributed by atoms with Crippen LogP contribution in [0.2, 0.25) is 0 Å². The van der Waals surface area contributed by atoms with Crippen LogP contribution < -0.4 is 0 Å². The first-order valence-corrected chi connectivity index (χ1v) is 11.0. The van der Waals surface area contributed by atoms with Gasteiger partial charge in [0.05, 0.1) is 6.54 Å². The first kappa shape index (κ1) is 21.2. The van der Waals surface area contributed by atoms with E-state index in [1.54, 1.807) is 11.0 Å². The predicted molar refractivity (Wildman–Crippen MR) is 120 cm³/mol. The van der Waals surface area contributed by atoms with E-state index in [9.17, 15) is 4.79 Å². The second-order valence-corrected chi connectivity index (χ2v) is 8.31. The lowest BCUT2D eigenvalue weighted by molar-refractivity contribution is 0.0617. The minimum Gasteiger partial charge on any atom is -0.337 e. The summed E-state index contributed by atoms with van der Waals surface area (Å²) in [6, 6.07) is 18.7. The molecule has 1 amide bonds. The van der Waals surface area contributed by atoms with E-state index in [2.05, 4.69) is 50.8 Å². The summed E-state index contributed by atoms with van der Waals surface area (Å²) in [7, 11) is 1.94. The maximum absolute atomic E-state index is 13.0. The van der Waals surface area contributed by atoms with Crippen LogP contribution in [0.1, 0.15) is 40.7 Å². The zero-order valence-corrected chi connectivity index (χ0v) is 18.1. The van der Waals surface area contributed by atoms with E-state index in [-0.39, 0.29) is 11.9 Å². The van der Waals surface area contributed by atoms with Gasteiger partial charge in [-0.15, -0.1) is 5.10 Å². The highest BCUT2D eigenvalue weighted by atomic mass is 16.2. The smallest absolute Gasteiger partial charge is 0.253 e. The van der Waals surface area contributed by atoms with Crippen LogP contribution in [0, 0.1) is 0 Å². The number of likely N-dealkylation sites (N-methyl/N-ethyl adjacent to an activating group) is 1. The molecule has 1 fully saturated rings. The lowest BCUT2D eigenvalue weighted by atomic mass is 10.0. The fourth-order valence-electron chi connectivity index (χ4n) is 4.26. The van der Waals surface area contributed by atoms with E-state index in [0.717, 1.165) is 56.4 Å². The summed E-state index contributed by atoms with van der Waals surface area (Å²) in [5, 5.41) is 11.2. The van der Waals surface area contributed by atoms with E-state index in [0.29, 0.717) is 6.54 Å². The van der Waals surface area contributed by atoms with E-state index in [1.807, 2.05) is 36.2 Å². The number of nitrogens with zero attached hydrogens (tertiary/aromatic N) is 6. The zero-order valence-electron chi connectivity index (χ0n) is 18.1. The number of aryl methyl sites for hydroxylation is 1. The van der Waals surface area contributed by atoms with Crippen molar-refractivity contribution in [1.29, 1.82) is 0 Å². The summed E-state index contributed by atoms with van der Waals surface area (Å²) in [6.45, 7) is 3.75. The number of carbonyl (C=O) groups excluding carboxylic acids is 1. The SMILES string of the molecule is CN(C(=O)c1ccc(Cn2cnnn2)cc1)C1CCCN(CCCc2ccccc2)C1. The number of hydrogen-bond acceptors (Lipinski definition) is 5. The average molecular weight is 419 g/mol. The minimum atomic E-state index is 0.0881. The van der Waals surface area contributed by atoms with Gasteiger partial charge in [0, 0.05) is 25.2 Å². The van der Waals surface area contributed by atoms with E-state index in [4.69, 9.17) is 0 Å². The number of carbonyl (C=O) groups is 1. The normalized spacial score (nSPS) is 16.9. The van der Waals surface area contributed by atoms with Crippen molar-refractivity contribution in [2.24, 2.45) is 0 Å². The molecular weight excluding hydrogens is 388 g/mol. The molecule has 7 nitrogen and oxygen atoms in total. The van der Waals surface area contributed by atoms with Crippen LogP contribution in [0.25, 0.3) is 0 Å². The molecule has 2 aromatic carbocycles. The number of likely N-dealkylation sites (tertiary alicyclic amines) is 1. The second-order valence-electron chi connectivity index (χ2n) is 8.31. The third-order valence-corrected chi connectivity index (χ3v) is 6.07. The fraction of sp³-hybridized carbons (Fsp3) is 0.417. The molecule has 162 valence electrons. The molecule has 1 unspecified atom stereocenters. The summed E-state index contributed by atoms with van der Waals surface area (Å²) >= 11 is 0. The summed E-state index contributed by atoms with van der Waals surface area (Å²) in [5.74, 6) is 0.0881. The maximum Gasteiger partial charge on any atom is 0.253 e. The van der Waals surface area contributed by atoms with Gasteiger partial charge in [-0.1, -0.05) is 42.5 Å². The molecule has 0 bridgehead atoms. The molecule has 1 aliphatic heterocycles. The highest BCUT2D eigenvalue weighted by molar-refractivity contribution is 5.94. The van der Waals surface area contributed by atoms with Gasteiger partial charge in [0.15, 0.2) is 0 Å². The third-order valence-electron chi connectivity index (χ3n) is 6.07. The van der Waals surface area contributed by atoms with E-state index >= 15 is 0 Å². The molecule has 1 aliphatic rings. The average Bonchev–Trinajstić information content (AvgIpc) is 3.33. The summed E-state index contributed by atoms with van der Waals surface area (Å²) in [6.07, 6.45) is 6.04. The Hall–Kier alpha value is -3.06. The van der Waals surface area contributed by atoms with Crippen molar-refractivity contribution in [2.45, 2.75) is 38.3 Å². The van der Waals surface area contributed by atoms with Gasteiger partial charge in [0.1, 0.15) is 6.33 Å². The van der Waals surface area contributed by atoms with Gasteiger partial charge in [0.2, 0.25) is 0 Å². The Morgan fingerprint density at radius 1 is 1.10 bits per heavy atom. The molecule has 31 heavy (non-hydrogen) atoms. The lowest BCUT2D eigenvalue weighted by Gasteiger charge is -2.37. The standard InChI is InChI=1S/C24H30N6O/c1-28(24(31)22-13-11-21(12-14-22)17-30-19-25-26-27-30)23-10-6-16-29(18-23)15-5-9-20-7-3-2-4-8-20/h2-4,7-8,11-14,19,23H,5-6,9-10,15-18H2,1H3. The number of amides is 1. The van der Waals surface area contributed by atoms with Crippen molar-refractivity contribution in [3.05, 3.63) is 77.6 Å². The highest BCUT2D eigenvalue weighted by Crippen LogP contribution is 2.18. The number of piperidine rings is 1. The highest BCUT2D eigenvalue weighted by Gasteiger charge is 2.26. The number of hydrogen-bond donors (Lipinski definition) is 0. The summed E-state index contributed by atoms with van der Waals surface area (Å²) in [4.78, 5) is 17.5. The molecule has 1 saturated heterocycles. The Bertz CT molecular complexity index is 942. The van der Waals surface area contributed by atoms with Crippen molar-refractivity contribution in [3.8, 4) is 0 Å². The Morgan fingerprint density at radius 3 is 2.65 bits per heavy atom. The van der Waals surface area contributed by atoms with Gasteiger partial charge in [-0.2, -0.15) is 0 Å². The maximum atomic E-state index is 13.0. The molecule has 4 rings (SSSR count). The molecule has 1 atom stereocenters. The Kier molecular flexibility index (Phi) is 7.04. The van der Waals surface area contributed by atoms with Gasteiger partial charge < -0.3 is 9.80 Å². The molecule has 2 heterocycles. The minimum absolute atomic E-state index is 0.0881.